The van der Waals surface area contributed by atoms with E-state index in [2.05, 4.69) is 0 Å². The zero-order valence-corrected chi connectivity index (χ0v) is 12.9. The average Bonchev–Trinajstić information content (AvgIpc) is 2.39. The van der Waals surface area contributed by atoms with E-state index in [1.807, 2.05) is 32.9 Å². The van der Waals surface area contributed by atoms with Crippen LogP contribution in [0.5, 0.6) is 5.75 Å². The summed E-state index contributed by atoms with van der Waals surface area (Å²) >= 11 is 0. The molecule has 0 aromatic heterocycles. The molecule has 0 amide bonds. The van der Waals surface area contributed by atoms with Crippen LogP contribution in [0.25, 0.3) is 0 Å². The Hall–Kier alpha value is -1.87. The molecule has 1 N–H and O–H groups in total. The van der Waals surface area contributed by atoms with Crippen LogP contribution in [0.2, 0.25) is 0 Å². The lowest BCUT2D eigenvalue weighted by Gasteiger charge is -2.18. The number of aryl methyl sites for hydroxylation is 4. The summed E-state index contributed by atoms with van der Waals surface area (Å²) in [4.78, 5) is 0. The van der Waals surface area contributed by atoms with Gasteiger partial charge in [0.15, 0.2) is 0 Å². The van der Waals surface area contributed by atoms with Crippen molar-refractivity contribution < 1.29 is 14.2 Å². The van der Waals surface area contributed by atoms with Gasteiger partial charge >= 0.3 is 0 Å². The van der Waals surface area contributed by atoms with E-state index in [9.17, 15) is 9.50 Å². The van der Waals surface area contributed by atoms with Gasteiger partial charge in [-0.1, -0.05) is 23.8 Å². The van der Waals surface area contributed by atoms with E-state index in [0.29, 0.717) is 11.3 Å². The summed E-state index contributed by atoms with van der Waals surface area (Å²) in [5.74, 6) is 0.129. The van der Waals surface area contributed by atoms with Crippen LogP contribution >= 0.6 is 0 Å². The summed E-state index contributed by atoms with van der Waals surface area (Å²) in [7, 11) is 0. The van der Waals surface area contributed by atoms with Crippen molar-refractivity contribution in [1.29, 1.82) is 0 Å². The van der Waals surface area contributed by atoms with E-state index in [4.69, 9.17) is 4.74 Å². The molecule has 1 atom stereocenters. The first kappa shape index (κ1) is 15.5. The third-order valence-electron chi connectivity index (χ3n) is 3.62. The first-order valence-corrected chi connectivity index (χ1v) is 7.03. The van der Waals surface area contributed by atoms with E-state index < -0.39 is 6.10 Å². The van der Waals surface area contributed by atoms with Gasteiger partial charge in [-0.3, -0.25) is 0 Å². The third-order valence-corrected chi connectivity index (χ3v) is 3.62. The molecule has 0 saturated heterocycles. The van der Waals surface area contributed by atoms with Crippen LogP contribution in [0, 0.1) is 33.5 Å². The first-order valence-electron chi connectivity index (χ1n) is 7.03. The fourth-order valence-electron chi connectivity index (χ4n) is 2.64. The summed E-state index contributed by atoms with van der Waals surface area (Å²) in [6, 6.07) is 8.80. The number of rotatable bonds is 4. The molecule has 21 heavy (non-hydrogen) atoms. The highest BCUT2D eigenvalue weighted by atomic mass is 19.1. The van der Waals surface area contributed by atoms with E-state index >= 15 is 0 Å². The molecule has 0 spiro atoms. The summed E-state index contributed by atoms with van der Waals surface area (Å²) < 4.78 is 19.0. The van der Waals surface area contributed by atoms with Crippen LogP contribution < -0.4 is 4.74 Å². The second-order valence-electron chi connectivity index (χ2n) is 5.55. The van der Waals surface area contributed by atoms with Gasteiger partial charge in [0.2, 0.25) is 0 Å². The average molecular weight is 288 g/mol. The molecule has 0 saturated carbocycles. The Kier molecular flexibility index (Phi) is 4.63. The Morgan fingerprint density at radius 3 is 2.19 bits per heavy atom. The molecule has 0 bridgehead atoms. The normalized spacial score (nSPS) is 12.3. The first-order chi connectivity index (χ1) is 9.88. The molecule has 0 aliphatic rings. The van der Waals surface area contributed by atoms with Crippen LogP contribution in [0.1, 0.15) is 33.9 Å². The largest absolute Gasteiger partial charge is 0.490 e. The predicted molar refractivity (Wildman–Crippen MR) is 82.2 cm³/mol. The number of hydrogen-bond acceptors (Lipinski definition) is 2. The number of halogens is 1. The van der Waals surface area contributed by atoms with E-state index in [0.717, 1.165) is 16.7 Å². The summed E-state index contributed by atoms with van der Waals surface area (Å²) in [5, 5.41) is 10.3. The minimum atomic E-state index is -0.727. The Bertz CT molecular complexity index is 627. The molecule has 3 heteroatoms. The van der Waals surface area contributed by atoms with Crippen LogP contribution in [0.3, 0.4) is 0 Å². The van der Waals surface area contributed by atoms with Crippen molar-refractivity contribution in [3.05, 3.63) is 64.0 Å². The smallest absolute Gasteiger partial charge is 0.129 e. The number of hydrogen-bond donors (Lipinski definition) is 1. The molecule has 0 aliphatic carbocycles. The molecule has 2 aromatic carbocycles. The van der Waals surface area contributed by atoms with Gasteiger partial charge in [0.1, 0.15) is 24.3 Å². The minimum absolute atomic E-state index is 0.104. The second-order valence-corrected chi connectivity index (χ2v) is 5.55. The van der Waals surface area contributed by atoms with E-state index in [1.54, 1.807) is 19.1 Å². The molecule has 0 aliphatic heterocycles. The summed E-state index contributed by atoms with van der Waals surface area (Å²) in [5.41, 5.74) is 4.71. The highest BCUT2D eigenvalue weighted by Crippen LogP contribution is 2.25. The molecule has 2 rings (SSSR count). The van der Waals surface area contributed by atoms with Gasteiger partial charge in [0.25, 0.3) is 0 Å². The van der Waals surface area contributed by atoms with Crippen molar-refractivity contribution in [3.8, 4) is 5.75 Å². The topological polar surface area (TPSA) is 29.5 Å². The van der Waals surface area contributed by atoms with Crippen molar-refractivity contribution in [2.24, 2.45) is 0 Å². The zero-order valence-electron chi connectivity index (χ0n) is 12.9. The molecule has 2 nitrogen and oxygen atoms in total. The van der Waals surface area contributed by atoms with E-state index in [1.165, 1.54) is 11.6 Å². The summed E-state index contributed by atoms with van der Waals surface area (Å²) in [6.45, 7) is 7.79. The molecule has 0 fully saturated rings. The molecule has 0 radical (unpaired) electrons. The molecular weight excluding hydrogens is 267 g/mol. The van der Waals surface area contributed by atoms with Crippen molar-refractivity contribution in [1.82, 2.24) is 0 Å². The van der Waals surface area contributed by atoms with Gasteiger partial charge in [-0.05, 0) is 56.0 Å². The van der Waals surface area contributed by atoms with Crippen molar-refractivity contribution in [3.63, 3.8) is 0 Å². The lowest BCUT2D eigenvalue weighted by molar-refractivity contribution is 0.107. The van der Waals surface area contributed by atoms with E-state index in [-0.39, 0.29) is 12.4 Å². The molecule has 112 valence electrons. The van der Waals surface area contributed by atoms with Gasteiger partial charge in [-0.25, -0.2) is 4.39 Å². The Balaban J connectivity index is 2.11. The Labute approximate surface area is 125 Å². The van der Waals surface area contributed by atoms with Crippen LogP contribution in [0.15, 0.2) is 30.3 Å². The SMILES string of the molecule is Cc1cc(C)c(C(O)COc2ccc(C)c(F)c2)c(C)c1. The van der Waals surface area contributed by atoms with Crippen molar-refractivity contribution >= 4 is 0 Å². The number of ether oxygens (including phenoxy) is 1. The van der Waals surface area contributed by atoms with Gasteiger partial charge in [-0.2, -0.15) is 0 Å². The van der Waals surface area contributed by atoms with Gasteiger partial charge < -0.3 is 9.84 Å². The highest BCUT2D eigenvalue weighted by Gasteiger charge is 2.15. The maximum absolute atomic E-state index is 13.5. The number of aliphatic hydroxyl groups excluding tert-OH is 1. The zero-order chi connectivity index (χ0) is 15.6. The fourth-order valence-corrected chi connectivity index (χ4v) is 2.64. The quantitative estimate of drug-likeness (QED) is 0.915. The van der Waals surface area contributed by atoms with Gasteiger partial charge in [0.05, 0.1) is 0 Å². The minimum Gasteiger partial charge on any atom is -0.490 e. The Morgan fingerprint density at radius 1 is 1.00 bits per heavy atom. The predicted octanol–water partition coefficient (Wildman–Crippen LogP) is 4.17. The lowest BCUT2D eigenvalue weighted by atomic mass is 9.96. The van der Waals surface area contributed by atoms with Crippen molar-refractivity contribution in [2.45, 2.75) is 33.8 Å². The maximum Gasteiger partial charge on any atom is 0.129 e. The maximum atomic E-state index is 13.5. The summed E-state index contributed by atoms with van der Waals surface area (Å²) in [6.07, 6.45) is -0.727. The standard InChI is InChI=1S/C18H21FO2/c1-11-7-13(3)18(14(4)8-11)17(20)10-21-15-6-5-12(2)16(19)9-15/h5-9,17,20H,10H2,1-4H3. The van der Waals surface area contributed by atoms with Crippen LogP contribution in [-0.2, 0) is 0 Å². The van der Waals surface area contributed by atoms with Crippen LogP contribution in [0.4, 0.5) is 4.39 Å². The fraction of sp³-hybridized carbons (Fsp3) is 0.333. The van der Waals surface area contributed by atoms with Crippen molar-refractivity contribution in [2.75, 3.05) is 6.61 Å². The molecule has 0 heterocycles. The number of aliphatic hydroxyl groups is 1. The third kappa shape index (κ3) is 3.61. The second kappa shape index (κ2) is 6.27. The monoisotopic (exact) mass is 288 g/mol. The molecular formula is C18H21FO2. The highest BCUT2D eigenvalue weighted by molar-refractivity contribution is 5.39. The molecule has 2 aromatic rings. The van der Waals surface area contributed by atoms with Crippen LogP contribution in [-0.4, -0.2) is 11.7 Å². The molecule has 1 unspecified atom stereocenters. The Morgan fingerprint density at radius 2 is 1.62 bits per heavy atom. The van der Waals surface area contributed by atoms with Gasteiger partial charge in [0, 0.05) is 6.07 Å². The van der Waals surface area contributed by atoms with Gasteiger partial charge in [-0.15, -0.1) is 0 Å². The number of benzene rings is 2. The lowest BCUT2D eigenvalue weighted by Crippen LogP contribution is -2.12.